The molecule has 0 bridgehead atoms. The lowest BCUT2D eigenvalue weighted by atomic mass is 10.1. The van der Waals surface area contributed by atoms with Gasteiger partial charge in [0, 0.05) is 38.1 Å². The third-order valence-electron chi connectivity index (χ3n) is 4.66. The number of carbonyl (C=O) groups is 2. The van der Waals surface area contributed by atoms with Crippen molar-refractivity contribution >= 4 is 11.9 Å². The Balaban J connectivity index is 1.81. The number of nitrogens with one attached hydrogen (secondary N) is 1. The van der Waals surface area contributed by atoms with Crippen molar-refractivity contribution in [3.05, 3.63) is 12.2 Å². The van der Waals surface area contributed by atoms with Gasteiger partial charge in [0.1, 0.15) is 0 Å². The summed E-state index contributed by atoms with van der Waals surface area (Å²) < 4.78 is 0. The lowest BCUT2D eigenvalue weighted by molar-refractivity contribution is -0.134. The topological polar surface area (TPSA) is 52.7 Å². The number of urea groups is 1. The van der Waals surface area contributed by atoms with Crippen molar-refractivity contribution in [1.29, 1.82) is 0 Å². The summed E-state index contributed by atoms with van der Waals surface area (Å²) in [5.41, 5.74) is 0.974. The van der Waals surface area contributed by atoms with Crippen molar-refractivity contribution in [2.45, 2.75) is 52.0 Å². The summed E-state index contributed by atoms with van der Waals surface area (Å²) in [6, 6.07) is 0.0303. The van der Waals surface area contributed by atoms with Gasteiger partial charge in [-0.2, -0.15) is 0 Å². The van der Waals surface area contributed by atoms with Crippen molar-refractivity contribution in [2.75, 3.05) is 26.2 Å². The Morgan fingerprint density at radius 1 is 1.27 bits per heavy atom. The van der Waals surface area contributed by atoms with Crippen LogP contribution in [0.3, 0.4) is 0 Å². The molecule has 2 fully saturated rings. The van der Waals surface area contributed by atoms with E-state index in [1.807, 2.05) is 18.7 Å². The van der Waals surface area contributed by atoms with Gasteiger partial charge in [-0.05, 0) is 33.1 Å². The molecule has 5 heteroatoms. The summed E-state index contributed by atoms with van der Waals surface area (Å²) in [5, 5.41) is 3.06. The van der Waals surface area contributed by atoms with Crippen molar-refractivity contribution in [1.82, 2.24) is 15.1 Å². The average Bonchev–Trinajstić information content (AvgIpc) is 3.15. The molecule has 1 aliphatic carbocycles. The van der Waals surface area contributed by atoms with Crippen LogP contribution in [-0.4, -0.2) is 54.0 Å². The van der Waals surface area contributed by atoms with Crippen LogP contribution in [0.25, 0.3) is 0 Å². The van der Waals surface area contributed by atoms with Crippen LogP contribution in [0.15, 0.2) is 12.2 Å². The molecule has 1 N–H and O–H groups in total. The average molecular weight is 307 g/mol. The number of rotatable bonds is 5. The quantitative estimate of drug-likeness (QED) is 0.793. The molecule has 2 rings (SSSR count). The van der Waals surface area contributed by atoms with Gasteiger partial charge in [0.05, 0.1) is 0 Å². The number of hydrogen-bond acceptors (Lipinski definition) is 2. The van der Waals surface area contributed by atoms with E-state index in [1.165, 1.54) is 12.8 Å². The van der Waals surface area contributed by atoms with Crippen LogP contribution < -0.4 is 5.32 Å². The predicted octanol–water partition coefficient (Wildman–Crippen LogP) is 2.39. The molecule has 5 nitrogen and oxygen atoms in total. The molecule has 0 aromatic heterocycles. The highest BCUT2D eigenvalue weighted by atomic mass is 16.2. The molecule has 0 unspecified atom stereocenters. The van der Waals surface area contributed by atoms with Gasteiger partial charge in [-0.25, -0.2) is 4.79 Å². The van der Waals surface area contributed by atoms with Crippen LogP contribution in [0.4, 0.5) is 4.79 Å². The van der Waals surface area contributed by atoms with Crippen molar-refractivity contribution in [3.8, 4) is 0 Å². The summed E-state index contributed by atoms with van der Waals surface area (Å²) in [6.07, 6.45) is 5.28. The zero-order valence-electron chi connectivity index (χ0n) is 13.9. The Morgan fingerprint density at radius 3 is 2.55 bits per heavy atom. The largest absolute Gasteiger partial charge is 0.340 e. The van der Waals surface area contributed by atoms with Gasteiger partial charge in [-0.15, -0.1) is 0 Å². The van der Waals surface area contributed by atoms with Gasteiger partial charge in [-0.3, -0.25) is 4.79 Å². The third-order valence-corrected chi connectivity index (χ3v) is 4.66. The predicted molar refractivity (Wildman–Crippen MR) is 87.5 cm³/mol. The number of likely N-dealkylation sites (N-methyl/N-ethyl adjacent to an activating group) is 1. The molecule has 0 spiro atoms. The minimum absolute atomic E-state index is 0.0503. The van der Waals surface area contributed by atoms with Crippen LogP contribution in [0.5, 0.6) is 0 Å². The van der Waals surface area contributed by atoms with Gasteiger partial charge < -0.3 is 15.1 Å². The van der Waals surface area contributed by atoms with Gasteiger partial charge >= 0.3 is 6.03 Å². The number of hydrogen-bond donors (Lipinski definition) is 1. The van der Waals surface area contributed by atoms with Gasteiger partial charge in [-0.1, -0.05) is 25.0 Å². The first-order chi connectivity index (χ1) is 10.5. The molecule has 1 aliphatic heterocycles. The fourth-order valence-electron chi connectivity index (χ4n) is 3.43. The van der Waals surface area contributed by atoms with Gasteiger partial charge in [0.25, 0.3) is 0 Å². The zero-order valence-corrected chi connectivity index (χ0v) is 13.9. The lowest BCUT2D eigenvalue weighted by Gasteiger charge is -2.24. The number of nitrogens with zero attached hydrogens (tertiary/aromatic N) is 2. The molecular formula is C17H29N3O2. The van der Waals surface area contributed by atoms with E-state index < -0.39 is 0 Å². The van der Waals surface area contributed by atoms with Crippen LogP contribution in [0, 0.1) is 5.92 Å². The van der Waals surface area contributed by atoms with Crippen LogP contribution >= 0.6 is 0 Å². The summed E-state index contributed by atoms with van der Waals surface area (Å²) >= 11 is 0. The molecule has 2 aliphatic rings. The maximum Gasteiger partial charge on any atom is 0.317 e. The summed E-state index contributed by atoms with van der Waals surface area (Å²) in [5.74, 6) is 0.522. The molecule has 1 heterocycles. The smallest absolute Gasteiger partial charge is 0.317 e. The Morgan fingerprint density at radius 2 is 1.95 bits per heavy atom. The van der Waals surface area contributed by atoms with Crippen LogP contribution in [-0.2, 0) is 4.79 Å². The van der Waals surface area contributed by atoms with E-state index in [0.29, 0.717) is 25.5 Å². The number of carbonyl (C=O) groups excluding carboxylic acids is 2. The normalized spacial score (nSPS) is 21.9. The monoisotopic (exact) mass is 307 g/mol. The zero-order chi connectivity index (χ0) is 16.1. The van der Waals surface area contributed by atoms with E-state index in [9.17, 15) is 9.59 Å². The van der Waals surface area contributed by atoms with E-state index in [2.05, 4.69) is 11.9 Å². The second kappa shape index (κ2) is 7.65. The molecule has 1 saturated carbocycles. The Labute approximate surface area is 133 Å². The highest BCUT2D eigenvalue weighted by Crippen LogP contribution is 2.27. The number of amides is 3. The van der Waals surface area contributed by atoms with Gasteiger partial charge in [0.2, 0.25) is 5.91 Å². The molecular weight excluding hydrogens is 278 g/mol. The Bertz CT molecular complexity index is 430. The Kier molecular flexibility index (Phi) is 5.86. The highest BCUT2D eigenvalue weighted by Gasteiger charge is 2.33. The van der Waals surface area contributed by atoms with E-state index >= 15 is 0 Å². The fraction of sp³-hybridized carbons (Fsp3) is 0.765. The molecule has 1 saturated heterocycles. The molecule has 124 valence electrons. The van der Waals surface area contributed by atoms with Crippen LogP contribution in [0.1, 0.15) is 46.0 Å². The second-order valence-electron chi connectivity index (χ2n) is 6.67. The molecule has 3 amide bonds. The maximum atomic E-state index is 12.4. The Hall–Kier alpha value is -1.52. The summed E-state index contributed by atoms with van der Waals surface area (Å²) in [4.78, 5) is 28.4. The van der Waals surface area contributed by atoms with E-state index in [-0.39, 0.29) is 18.0 Å². The lowest BCUT2D eigenvalue weighted by Crippen LogP contribution is -2.46. The minimum atomic E-state index is -0.0503. The van der Waals surface area contributed by atoms with E-state index in [4.69, 9.17) is 0 Å². The molecule has 22 heavy (non-hydrogen) atoms. The van der Waals surface area contributed by atoms with E-state index in [1.54, 1.807) is 4.90 Å². The summed E-state index contributed by atoms with van der Waals surface area (Å²) in [6.45, 7) is 10.4. The minimum Gasteiger partial charge on any atom is -0.340 e. The van der Waals surface area contributed by atoms with Crippen molar-refractivity contribution in [3.63, 3.8) is 0 Å². The highest BCUT2D eigenvalue weighted by molar-refractivity contribution is 5.80. The second-order valence-corrected chi connectivity index (χ2v) is 6.67. The molecule has 1 atom stereocenters. The van der Waals surface area contributed by atoms with Gasteiger partial charge in [0.15, 0.2) is 0 Å². The van der Waals surface area contributed by atoms with E-state index in [0.717, 1.165) is 31.4 Å². The first-order valence-corrected chi connectivity index (χ1v) is 8.49. The SMILES string of the molecule is C=C(C)CN(CC)C(=O)N[C@@H]1CCN(C(=O)C2CCCC2)C1. The molecule has 0 radical (unpaired) electrons. The summed E-state index contributed by atoms with van der Waals surface area (Å²) in [7, 11) is 0. The standard InChI is InChI=1S/C17H29N3O2/c1-4-19(11-13(2)3)17(22)18-15-9-10-20(12-15)16(21)14-7-5-6-8-14/h14-15H,2,4-12H2,1,3H3,(H,18,22)/t15-/m1/s1. The van der Waals surface area contributed by atoms with Crippen molar-refractivity contribution < 1.29 is 9.59 Å². The third kappa shape index (κ3) is 4.24. The first-order valence-electron chi connectivity index (χ1n) is 8.49. The van der Waals surface area contributed by atoms with Crippen LogP contribution in [0.2, 0.25) is 0 Å². The fourth-order valence-corrected chi connectivity index (χ4v) is 3.43. The maximum absolute atomic E-state index is 12.4. The first kappa shape index (κ1) is 16.8. The van der Waals surface area contributed by atoms with Crippen molar-refractivity contribution in [2.24, 2.45) is 5.92 Å². The molecule has 0 aromatic carbocycles. The number of likely N-dealkylation sites (tertiary alicyclic amines) is 1. The molecule has 0 aromatic rings.